The third kappa shape index (κ3) is 3.53. The number of nitrogens with one attached hydrogen (secondary N) is 2. The number of benzene rings is 1. The van der Waals surface area contributed by atoms with E-state index in [0.717, 1.165) is 41.0 Å². The standard InChI is InChI=1S/C22H25N3O2S/c1-12(2)11-28-22-24-20-19(21(27)25-22)17(14-9-7-13(3)8-10-14)18-15(23-20)5-4-6-16(18)26/h7-10,12,17H,4-6,11H2,1-3H3,(H2,23,24,25,27)/t17-/m1/s1. The molecule has 0 unspecified atom stereocenters. The molecule has 0 radical (unpaired) electrons. The lowest BCUT2D eigenvalue weighted by molar-refractivity contribution is -0.116. The molecule has 1 aliphatic carbocycles. The van der Waals surface area contributed by atoms with Gasteiger partial charge in [0.05, 0.1) is 5.56 Å². The molecule has 1 aromatic heterocycles. The lowest BCUT2D eigenvalue weighted by atomic mass is 9.76. The Hall–Kier alpha value is -2.34. The number of hydrogen-bond donors (Lipinski definition) is 2. The van der Waals surface area contributed by atoms with Crippen LogP contribution in [0.2, 0.25) is 0 Å². The molecule has 28 heavy (non-hydrogen) atoms. The molecule has 0 spiro atoms. The monoisotopic (exact) mass is 395 g/mol. The number of rotatable bonds is 4. The highest BCUT2D eigenvalue weighted by molar-refractivity contribution is 7.99. The average Bonchev–Trinajstić information content (AvgIpc) is 2.66. The molecule has 2 N–H and O–H groups in total. The maximum Gasteiger partial charge on any atom is 0.257 e. The van der Waals surface area contributed by atoms with Crippen molar-refractivity contribution in [2.45, 2.75) is 51.1 Å². The number of carbonyl (C=O) groups excluding carboxylic acids is 1. The zero-order chi connectivity index (χ0) is 19.8. The number of H-pyrrole nitrogens is 1. The summed E-state index contributed by atoms with van der Waals surface area (Å²) < 4.78 is 0. The van der Waals surface area contributed by atoms with Crippen molar-refractivity contribution in [3.63, 3.8) is 0 Å². The van der Waals surface area contributed by atoms with Crippen molar-refractivity contribution in [3.05, 3.63) is 62.6 Å². The molecule has 0 amide bonds. The molecule has 1 aromatic carbocycles. The summed E-state index contributed by atoms with van der Waals surface area (Å²) in [5.74, 6) is 1.75. The van der Waals surface area contributed by atoms with E-state index in [2.05, 4.69) is 24.1 Å². The van der Waals surface area contributed by atoms with Crippen molar-refractivity contribution >= 4 is 23.4 Å². The van der Waals surface area contributed by atoms with Gasteiger partial charge in [0, 0.05) is 29.4 Å². The quantitative estimate of drug-likeness (QED) is 0.593. The number of aryl methyl sites for hydroxylation is 1. The van der Waals surface area contributed by atoms with Gasteiger partial charge in [-0.3, -0.25) is 9.59 Å². The van der Waals surface area contributed by atoms with E-state index in [1.807, 2.05) is 31.2 Å². The van der Waals surface area contributed by atoms with Gasteiger partial charge in [-0.15, -0.1) is 0 Å². The van der Waals surface area contributed by atoms with Crippen LogP contribution in [0.15, 0.2) is 45.5 Å². The number of carbonyl (C=O) groups is 1. The maximum absolute atomic E-state index is 13.1. The highest BCUT2D eigenvalue weighted by atomic mass is 32.2. The van der Waals surface area contributed by atoms with Crippen LogP contribution in [-0.2, 0) is 4.79 Å². The van der Waals surface area contributed by atoms with Gasteiger partial charge in [-0.05, 0) is 31.2 Å². The van der Waals surface area contributed by atoms with E-state index in [0.29, 0.717) is 28.9 Å². The van der Waals surface area contributed by atoms with Crippen molar-refractivity contribution in [2.24, 2.45) is 5.92 Å². The summed E-state index contributed by atoms with van der Waals surface area (Å²) in [6.45, 7) is 6.31. The summed E-state index contributed by atoms with van der Waals surface area (Å²) in [5.41, 5.74) is 4.15. The van der Waals surface area contributed by atoms with Gasteiger partial charge in [-0.1, -0.05) is 55.4 Å². The molecule has 0 saturated carbocycles. The number of anilines is 1. The molecule has 0 bridgehead atoms. The van der Waals surface area contributed by atoms with Crippen LogP contribution in [-0.4, -0.2) is 21.5 Å². The number of aromatic amines is 1. The van der Waals surface area contributed by atoms with Crippen molar-refractivity contribution in [3.8, 4) is 0 Å². The van der Waals surface area contributed by atoms with Crippen molar-refractivity contribution < 1.29 is 4.79 Å². The zero-order valence-electron chi connectivity index (χ0n) is 16.5. The third-order valence-corrected chi connectivity index (χ3v) is 6.50. The Morgan fingerprint density at radius 1 is 1.18 bits per heavy atom. The van der Waals surface area contributed by atoms with E-state index in [-0.39, 0.29) is 17.3 Å². The van der Waals surface area contributed by atoms with E-state index < -0.39 is 0 Å². The Morgan fingerprint density at radius 2 is 1.93 bits per heavy atom. The molecular weight excluding hydrogens is 370 g/mol. The molecule has 2 aromatic rings. The smallest absolute Gasteiger partial charge is 0.257 e. The van der Waals surface area contributed by atoms with E-state index in [1.54, 1.807) is 11.8 Å². The Bertz CT molecular complexity index is 1010. The van der Waals surface area contributed by atoms with E-state index in [1.165, 1.54) is 0 Å². The summed E-state index contributed by atoms with van der Waals surface area (Å²) in [6.07, 6.45) is 2.18. The summed E-state index contributed by atoms with van der Waals surface area (Å²) in [5, 5.41) is 3.95. The minimum Gasteiger partial charge on any atom is -0.343 e. The number of nitrogens with zero attached hydrogens (tertiary/aromatic N) is 1. The lowest BCUT2D eigenvalue weighted by Crippen LogP contribution is -2.32. The first-order valence-corrected chi connectivity index (χ1v) is 10.8. The lowest BCUT2D eigenvalue weighted by Gasteiger charge is -2.32. The van der Waals surface area contributed by atoms with Crippen molar-refractivity contribution in [1.82, 2.24) is 9.97 Å². The van der Waals surface area contributed by atoms with Gasteiger partial charge in [-0.2, -0.15) is 0 Å². The molecule has 0 saturated heterocycles. The molecule has 0 fully saturated rings. The molecule has 2 aliphatic rings. The van der Waals surface area contributed by atoms with Crippen LogP contribution in [0.1, 0.15) is 55.7 Å². The Labute approximate surface area is 169 Å². The van der Waals surface area contributed by atoms with Crippen LogP contribution >= 0.6 is 11.8 Å². The maximum atomic E-state index is 13.1. The third-order valence-electron chi connectivity index (χ3n) is 5.20. The highest BCUT2D eigenvalue weighted by Crippen LogP contribution is 2.43. The number of hydrogen-bond acceptors (Lipinski definition) is 5. The van der Waals surface area contributed by atoms with Crippen LogP contribution in [0.3, 0.4) is 0 Å². The van der Waals surface area contributed by atoms with Gasteiger partial charge < -0.3 is 10.3 Å². The number of thioether (sulfide) groups is 1. The van der Waals surface area contributed by atoms with Gasteiger partial charge in [0.15, 0.2) is 10.9 Å². The second-order valence-electron chi connectivity index (χ2n) is 7.98. The topological polar surface area (TPSA) is 74.8 Å². The minimum absolute atomic E-state index is 0.127. The van der Waals surface area contributed by atoms with Crippen molar-refractivity contribution in [2.75, 3.05) is 11.1 Å². The second-order valence-corrected chi connectivity index (χ2v) is 8.98. The normalized spacial score (nSPS) is 18.7. The predicted molar refractivity (Wildman–Crippen MR) is 113 cm³/mol. The molecule has 1 aliphatic heterocycles. The van der Waals surface area contributed by atoms with Crippen LogP contribution in [0.5, 0.6) is 0 Å². The van der Waals surface area contributed by atoms with Gasteiger partial charge in [0.1, 0.15) is 5.82 Å². The fourth-order valence-corrected chi connectivity index (χ4v) is 4.66. The van der Waals surface area contributed by atoms with E-state index >= 15 is 0 Å². The van der Waals surface area contributed by atoms with E-state index in [4.69, 9.17) is 4.98 Å². The highest BCUT2D eigenvalue weighted by Gasteiger charge is 2.37. The van der Waals surface area contributed by atoms with Gasteiger partial charge >= 0.3 is 0 Å². The largest absolute Gasteiger partial charge is 0.343 e. The molecule has 1 atom stereocenters. The fraction of sp³-hybridized carbons (Fsp3) is 0.409. The molecule has 5 nitrogen and oxygen atoms in total. The minimum atomic E-state index is -0.361. The number of allylic oxidation sites excluding steroid dienone is 2. The number of aromatic nitrogens is 2. The molecule has 6 heteroatoms. The number of fused-ring (bicyclic) bond motifs is 1. The van der Waals surface area contributed by atoms with Crippen LogP contribution < -0.4 is 10.9 Å². The Kier molecular flexibility index (Phi) is 5.15. The fourth-order valence-electron chi connectivity index (χ4n) is 3.85. The van der Waals surface area contributed by atoms with Gasteiger partial charge in [-0.25, -0.2) is 4.98 Å². The van der Waals surface area contributed by atoms with Crippen molar-refractivity contribution in [1.29, 1.82) is 0 Å². The molecule has 4 rings (SSSR count). The summed E-state index contributed by atoms with van der Waals surface area (Å²) in [4.78, 5) is 33.5. The summed E-state index contributed by atoms with van der Waals surface area (Å²) in [6, 6.07) is 8.09. The van der Waals surface area contributed by atoms with Gasteiger partial charge in [0.2, 0.25) is 0 Å². The molecular formula is C22H25N3O2S. The Morgan fingerprint density at radius 3 is 2.64 bits per heavy atom. The van der Waals surface area contributed by atoms with Crippen LogP contribution in [0.4, 0.5) is 5.82 Å². The molecule has 146 valence electrons. The number of ketones is 1. The molecule has 2 heterocycles. The van der Waals surface area contributed by atoms with Crippen LogP contribution in [0.25, 0.3) is 0 Å². The summed E-state index contributed by atoms with van der Waals surface area (Å²) >= 11 is 1.55. The first-order valence-electron chi connectivity index (χ1n) is 9.81. The average molecular weight is 396 g/mol. The predicted octanol–water partition coefficient (Wildman–Crippen LogP) is 4.39. The first-order chi connectivity index (χ1) is 13.4. The SMILES string of the molecule is Cc1ccc([C@@H]2C3=C(CCCC3=O)Nc3nc(SCC(C)C)[nH]c(=O)c32)cc1. The Balaban J connectivity index is 1.86. The number of Topliss-reactive ketones (excluding diaryl/α,β-unsaturated/α-hetero) is 1. The zero-order valence-corrected chi connectivity index (χ0v) is 17.3. The summed E-state index contributed by atoms with van der Waals surface area (Å²) in [7, 11) is 0. The second kappa shape index (κ2) is 7.59. The van der Waals surface area contributed by atoms with E-state index in [9.17, 15) is 9.59 Å². The van der Waals surface area contributed by atoms with Gasteiger partial charge in [0.25, 0.3) is 5.56 Å². The van der Waals surface area contributed by atoms with Crippen LogP contribution in [0, 0.1) is 12.8 Å². The first kappa shape index (κ1) is 19.0.